The Labute approximate surface area is 114 Å². The van der Waals surface area contributed by atoms with Crippen LogP contribution in [0.2, 0.25) is 5.02 Å². The molecule has 0 unspecified atom stereocenters. The molecule has 16 heavy (non-hydrogen) atoms. The molecule has 0 aromatic heterocycles. The summed E-state index contributed by atoms with van der Waals surface area (Å²) in [5.74, 6) is 0.867. The lowest BCUT2D eigenvalue weighted by atomic mass is 10.2. The Balaban J connectivity index is 2.05. The third kappa shape index (κ3) is 3.12. The third-order valence-electron chi connectivity index (χ3n) is 2.15. The fraction of sp³-hybridized carbons (Fsp3) is 0.0769. The molecule has 3 heteroatoms. The van der Waals surface area contributed by atoms with E-state index in [0.717, 1.165) is 19.9 Å². The lowest BCUT2D eigenvalue weighted by molar-refractivity contribution is 0.306. The van der Waals surface area contributed by atoms with Gasteiger partial charge >= 0.3 is 0 Å². The molecule has 0 saturated heterocycles. The molecule has 0 spiro atoms. The van der Waals surface area contributed by atoms with Crippen LogP contribution in [0.3, 0.4) is 0 Å². The van der Waals surface area contributed by atoms with E-state index in [2.05, 4.69) is 22.6 Å². The summed E-state index contributed by atoms with van der Waals surface area (Å²) in [4.78, 5) is 0. The normalized spacial score (nSPS) is 10.1. The highest BCUT2D eigenvalue weighted by molar-refractivity contribution is 14.1. The zero-order valence-electron chi connectivity index (χ0n) is 8.49. The number of hydrogen-bond donors (Lipinski definition) is 0. The first-order chi connectivity index (χ1) is 7.75. The number of hydrogen-bond acceptors (Lipinski definition) is 1. The van der Waals surface area contributed by atoms with Crippen LogP contribution < -0.4 is 4.74 Å². The molecule has 0 amide bonds. The van der Waals surface area contributed by atoms with Crippen LogP contribution >= 0.6 is 34.2 Å². The van der Waals surface area contributed by atoms with Gasteiger partial charge in [0, 0.05) is 14.2 Å². The summed E-state index contributed by atoms with van der Waals surface area (Å²) in [6.45, 7) is 0.500. The molecule has 0 fully saturated rings. The van der Waals surface area contributed by atoms with Gasteiger partial charge in [0.25, 0.3) is 0 Å². The van der Waals surface area contributed by atoms with Gasteiger partial charge in [-0.1, -0.05) is 35.9 Å². The van der Waals surface area contributed by atoms with Crippen molar-refractivity contribution in [1.29, 1.82) is 0 Å². The summed E-state index contributed by atoms with van der Waals surface area (Å²) < 4.78 is 6.83. The maximum atomic E-state index is 6.04. The van der Waals surface area contributed by atoms with E-state index in [1.807, 2.05) is 48.5 Å². The highest BCUT2D eigenvalue weighted by Gasteiger charge is 2.00. The fourth-order valence-corrected chi connectivity index (χ4v) is 2.04. The Morgan fingerprint density at radius 3 is 2.62 bits per heavy atom. The van der Waals surface area contributed by atoms with E-state index in [4.69, 9.17) is 16.3 Å². The molecule has 0 heterocycles. The van der Waals surface area contributed by atoms with Crippen LogP contribution in [0.5, 0.6) is 5.75 Å². The van der Waals surface area contributed by atoms with E-state index in [0.29, 0.717) is 6.61 Å². The molecule has 82 valence electrons. The molecule has 0 radical (unpaired) electrons. The number of ether oxygens (including phenoxy) is 1. The zero-order valence-corrected chi connectivity index (χ0v) is 11.4. The van der Waals surface area contributed by atoms with Gasteiger partial charge in [-0.15, -0.1) is 0 Å². The van der Waals surface area contributed by atoms with Crippen molar-refractivity contribution in [3.63, 3.8) is 0 Å². The molecule has 0 atom stereocenters. The second-order valence-corrected chi connectivity index (χ2v) is 4.99. The Morgan fingerprint density at radius 1 is 1.06 bits per heavy atom. The molecule has 0 aliphatic rings. The molecule has 2 aromatic rings. The molecule has 2 aromatic carbocycles. The average molecular weight is 345 g/mol. The standard InChI is InChI=1S/C13H10ClIO/c14-13-7-2-1-4-10(13)9-16-12-6-3-5-11(15)8-12/h1-8H,9H2. The smallest absolute Gasteiger partial charge is 0.120 e. The van der Waals surface area contributed by atoms with Gasteiger partial charge in [0.2, 0.25) is 0 Å². The van der Waals surface area contributed by atoms with E-state index < -0.39 is 0 Å². The van der Waals surface area contributed by atoms with Crippen molar-refractivity contribution >= 4 is 34.2 Å². The van der Waals surface area contributed by atoms with Crippen LogP contribution in [0.25, 0.3) is 0 Å². The lowest BCUT2D eigenvalue weighted by Gasteiger charge is -2.07. The molecular formula is C13H10ClIO. The van der Waals surface area contributed by atoms with Crippen LogP contribution in [0.15, 0.2) is 48.5 Å². The number of rotatable bonds is 3. The van der Waals surface area contributed by atoms with Crippen LogP contribution in [-0.2, 0) is 6.61 Å². The minimum absolute atomic E-state index is 0.500. The van der Waals surface area contributed by atoms with Gasteiger partial charge < -0.3 is 4.74 Å². The maximum Gasteiger partial charge on any atom is 0.120 e. The second-order valence-electron chi connectivity index (χ2n) is 3.34. The largest absolute Gasteiger partial charge is 0.489 e. The SMILES string of the molecule is Clc1ccccc1COc1cccc(I)c1. The monoisotopic (exact) mass is 344 g/mol. The first kappa shape index (κ1) is 11.7. The summed E-state index contributed by atoms with van der Waals surface area (Å²) in [6, 6.07) is 15.7. The summed E-state index contributed by atoms with van der Waals surface area (Å²) >= 11 is 8.30. The summed E-state index contributed by atoms with van der Waals surface area (Å²) in [7, 11) is 0. The van der Waals surface area contributed by atoms with Crippen molar-refractivity contribution in [2.45, 2.75) is 6.61 Å². The lowest BCUT2D eigenvalue weighted by Crippen LogP contribution is -1.96. The highest BCUT2D eigenvalue weighted by atomic mass is 127. The minimum atomic E-state index is 0.500. The third-order valence-corrected chi connectivity index (χ3v) is 3.19. The Bertz CT molecular complexity index is 485. The van der Waals surface area contributed by atoms with E-state index >= 15 is 0 Å². The molecule has 0 aliphatic heterocycles. The zero-order chi connectivity index (χ0) is 11.4. The fourth-order valence-electron chi connectivity index (χ4n) is 1.33. The van der Waals surface area contributed by atoms with E-state index in [1.54, 1.807) is 0 Å². The van der Waals surface area contributed by atoms with E-state index in [9.17, 15) is 0 Å². The topological polar surface area (TPSA) is 9.23 Å². The number of benzene rings is 2. The molecule has 1 nitrogen and oxygen atoms in total. The molecular weight excluding hydrogens is 334 g/mol. The van der Waals surface area contributed by atoms with Gasteiger partial charge in [0.15, 0.2) is 0 Å². The minimum Gasteiger partial charge on any atom is -0.489 e. The van der Waals surface area contributed by atoms with Gasteiger partial charge in [-0.2, -0.15) is 0 Å². The molecule has 0 saturated carbocycles. The average Bonchev–Trinajstić information content (AvgIpc) is 2.28. The second kappa shape index (κ2) is 5.55. The van der Waals surface area contributed by atoms with Crippen molar-refractivity contribution < 1.29 is 4.74 Å². The Kier molecular flexibility index (Phi) is 4.07. The first-order valence-electron chi connectivity index (χ1n) is 4.87. The highest BCUT2D eigenvalue weighted by Crippen LogP contribution is 2.19. The molecule has 0 N–H and O–H groups in total. The van der Waals surface area contributed by atoms with Crippen molar-refractivity contribution in [3.8, 4) is 5.75 Å². The quantitative estimate of drug-likeness (QED) is 0.744. The van der Waals surface area contributed by atoms with Gasteiger partial charge in [0.1, 0.15) is 12.4 Å². The van der Waals surface area contributed by atoms with Crippen LogP contribution in [0.1, 0.15) is 5.56 Å². The predicted octanol–water partition coefficient (Wildman–Crippen LogP) is 4.52. The van der Waals surface area contributed by atoms with Gasteiger partial charge in [0.05, 0.1) is 0 Å². The Hall–Kier alpha value is -0.740. The molecule has 0 bridgehead atoms. The van der Waals surface area contributed by atoms with Gasteiger partial charge in [-0.05, 0) is 46.9 Å². The number of halogens is 2. The summed E-state index contributed by atoms with van der Waals surface area (Å²) in [6.07, 6.45) is 0. The summed E-state index contributed by atoms with van der Waals surface area (Å²) in [5, 5.41) is 0.744. The van der Waals surface area contributed by atoms with Crippen LogP contribution in [0.4, 0.5) is 0 Å². The van der Waals surface area contributed by atoms with Gasteiger partial charge in [-0.3, -0.25) is 0 Å². The molecule has 2 rings (SSSR count). The molecule has 0 aliphatic carbocycles. The Morgan fingerprint density at radius 2 is 1.88 bits per heavy atom. The van der Waals surface area contributed by atoms with Crippen LogP contribution in [0, 0.1) is 3.57 Å². The maximum absolute atomic E-state index is 6.04. The van der Waals surface area contributed by atoms with E-state index in [-0.39, 0.29) is 0 Å². The van der Waals surface area contributed by atoms with E-state index in [1.165, 1.54) is 0 Å². The summed E-state index contributed by atoms with van der Waals surface area (Å²) in [5.41, 5.74) is 1.00. The van der Waals surface area contributed by atoms with Crippen molar-refractivity contribution in [2.24, 2.45) is 0 Å². The first-order valence-corrected chi connectivity index (χ1v) is 6.33. The van der Waals surface area contributed by atoms with Crippen LogP contribution in [-0.4, -0.2) is 0 Å². The van der Waals surface area contributed by atoms with Crippen molar-refractivity contribution in [2.75, 3.05) is 0 Å². The van der Waals surface area contributed by atoms with Gasteiger partial charge in [-0.25, -0.2) is 0 Å². The predicted molar refractivity (Wildman–Crippen MR) is 74.9 cm³/mol. The van der Waals surface area contributed by atoms with Crippen molar-refractivity contribution in [3.05, 3.63) is 62.7 Å². The van der Waals surface area contributed by atoms with Crippen molar-refractivity contribution in [1.82, 2.24) is 0 Å².